The van der Waals surface area contributed by atoms with Crippen molar-refractivity contribution in [1.82, 2.24) is 14.5 Å². The SMILES string of the molecule is [2H]C([2H])([2H])c1ccc(-c2ccnc(-c3[c-]c(-c4cccc5c4nc(-c4ccccc4O)n5-c4ccc(-c5ccccc5C(C)(C)C)c(C([2H])(C)C)c4)cc(-c4ccccc4)c3)c2)cc1.[Pt]. The predicted octanol–water partition coefficient (Wildman–Crippen LogP) is 14.7. The number of hydrogen-bond donors (Lipinski definition) is 1. The molecule has 61 heavy (non-hydrogen) atoms. The number of aryl methyl sites for hydroxylation is 1. The number of phenolic OH excluding ortho intramolecular Hbond substituents is 1. The molecule has 0 aliphatic heterocycles. The first-order valence-corrected chi connectivity index (χ1v) is 20.3. The van der Waals surface area contributed by atoms with Crippen LogP contribution in [0.4, 0.5) is 0 Å². The van der Waals surface area contributed by atoms with Crippen LogP contribution in [0.5, 0.6) is 5.75 Å². The number of aromatic nitrogens is 3. The Bertz CT molecular complexity index is 3180. The molecule has 0 saturated carbocycles. The Morgan fingerprint density at radius 2 is 1.33 bits per heavy atom. The van der Waals surface area contributed by atoms with E-state index in [1.54, 1.807) is 30.5 Å². The first kappa shape index (κ1) is 36.5. The van der Waals surface area contributed by atoms with Crippen LogP contribution in [-0.2, 0) is 26.5 Å². The zero-order chi connectivity index (χ0) is 45.0. The third-order valence-electron chi connectivity index (χ3n) is 11.2. The quantitative estimate of drug-likeness (QED) is 0.154. The minimum atomic E-state index is -2.18. The largest absolute Gasteiger partial charge is 0.507 e. The van der Waals surface area contributed by atoms with Crippen molar-refractivity contribution in [3.05, 3.63) is 193 Å². The first-order valence-electron chi connectivity index (χ1n) is 22.3. The summed E-state index contributed by atoms with van der Waals surface area (Å²) in [5, 5.41) is 11.4. The molecule has 9 aromatic rings. The molecule has 0 aliphatic carbocycles. The molecule has 1 N–H and O–H groups in total. The van der Waals surface area contributed by atoms with E-state index in [1.807, 2.05) is 80.6 Å². The second-order valence-corrected chi connectivity index (χ2v) is 16.6. The van der Waals surface area contributed by atoms with E-state index in [0.29, 0.717) is 22.6 Å². The average molecular weight is 978 g/mol. The zero-order valence-corrected chi connectivity index (χ0v) is 37.0. The number of phenols is 1. The van der Waals surface area contributed by atoms with Gasteiger partial charge in [-0.1, -0.05) is 172 Å². The Morgan fingerprint density at radius 3 is 2.07 bits per heavy atom. The summed E-state index contributed by atoms with van der Waals surface area (Å²) in [7, 11) is 0. The van der Waals surface area contributed by atoms with Crippen molar-refractivity contribution in [2.24, 2.45) is 0 Å². The van der Waals surface area contributed by atoms with Crippen molar-refractivity contribution >= 4 is 11.0 Å². The maximum absolute atomic E-state index is 11.4. The van der Waals surface area contributed by atoms with Gasteiger partial charge in [0, 0.05) is 44.1 Å². The van der Waals surface area contributed by atoms with Gasteiger partial charge in [0.2, 0.25) is 0 Å². The Morgan fingerprint density at radius 1 is 0.639 bits per heavy atom. The van der Waals surface area contributed by atoms with Crippen molar-refractivity contribution in [3.8, 4) is 78.6 Å². The van der Waals surface area contributed by atoms with Crippen LogP contribution < -0.4 is 0 Å². The number of aromatic hydroxyl groups is 1. The van der Waals surface area contributed by atoms with Gasteiger partial charge in [-0.2, -0.15) is 0 Å². The van der Waals surface area contributed by atoms with E-state index in [9.17, 15) is 6.48 Å². The van der Waals surface area contributed by atoms with Gasteiger partial charge in [-0.15, -0.1) is 23.8 Å². The Balaban J connectivity index is 0.00000576. The summed E-state index contributed by atoms with van der Waals surface area (Å²) >= 11 is 0. The van der Waals surface area contributed by atoms with Crippen LogP contribution in [0.1, 0.15) is 62.7 Å². The summed E-state index contributed by atoms with van der Waals surface area (Å²) in [5.74, 6) is -0.283. The maximum Gasteiger partial charge on any atom is 0.148 e. The summed E-state index contributed by atoms with van der Waals surface area (Å²) in [6.07, 6.45) is 1.77. The fraction of sp³-hybridized carbons (Fsp3) is 0.143. The number of para-hydroxylation sites is 2. The molecule has 4 nitrogen and oxygen atoms in total. The van der Waals surface area contributed by atoms with Gasteiger partial charge in [0.1, 0.15) is 11.6 Å². The topological polar surface area (TPSA) is 50.9 Å². The first-order chi connectivity index (χ1) is 30.5. The molecule has 7 aromatic carbocycles. The summed E-state index contributed by atoms with van der Waals surface area (Å²) in [5.41, 5.74) is 14.3. The Kier molecular flexibility index (Phi) is 10.1. The Hall–Kier alpha value is -6.35. The van der Waals surface area contributed by atoms with Gasteiger partial charge in [-0.25, -0.2) is 4.98 Å². The van der Waals surface area contributed by atoms with Gasteiger partial charge < -0.3 is 5.11 Å². The van der Waals surface area contributed by atoms with E-state index in [2.05, 4.69) is 104 Å². The van der Waals surface area contributed by atoms with Crippen LogP contribution >= 0.6 is 0 Å². The number of hydrogen-bond acceptors (Lipinski definition) is 3. The fourth-order valence-corrected chi connectivity index (χ4v) is 8.18. The molecule has 0 atom stereocenters. The van der Waals surface area contributed by atoms with Crippen molar-refractivity contribution < 1.29 is 31.7 Å². The van der Waals surface area contributed by atoms with Crippen molar-refractivity contribution in [3.63, 3.8) is 0 Å². The van der Waals surface area contributed by atoms with Crippen LogP contribution in [-0.4, -0.2) is 19.6 Å². The van der Waals surface area contributed by atoms with E-state index in [4.69, 9.17) is 14.1 Å². The molecule has 0 amide bonds. The van der Waals surface area contributed by atoms with Gasteiger partial charge in [0.15, 0.2) is 0 Å². The molecule has 0 aliphatic rings. The molecule has 0 radical (unpaired) electrons. The van der Waals surface area contributed by atoms with Crippen molar-refractivity contribution in [1.29, 1.82) is 0 Å². The smallest absolute Gasteiger partial charge is 0.148 e. The molecule has 9 rings (SSSR count). The average Bonchev–Trinajstić information content (AvgIpc) is 3.68. The van der Waals surface area contributed by atoms with Crippen LogP contribution in [0.25, 0.3) is 83.9 Å². The normalized spacial score (nSPS) is 12.9. The summed E-state index contributed by atoms with van der Waals surface area (Å²) in [4.78, 5) is 10.2. The molecule has 0 bridgehead atoms. The minimum absolute atomic E-state index is 0. The molecular weight excluding hydrogens is 926 g/mol. The molecule has 304 valence electrons. The van der Waals surface area contributed by atoms with Crippen LogP contribution in [0, 0.1) is 12.9 Å². The molecule has 0 fully saturated rings. The van der Waals surface area contributed by atoms with Gasteiger partial charge in [0.25, 0.3) is 0 Å². The monoisotopic (exact) mass is 977 g/mol. The maximum atomic E-state index is 11.4. The number of benzene rings is 7. The minimum Gasteiger partial charge on any atom is -0.507 e. The second kappa shape index (κ2) is 17.0. The molecular formula is C56H48N3OPt-. The molecule has 2 heterocycles. The fourth-order valence-electron chi connectivity index (χ4n) is 8.18. The van der Waals surface area contributed by atoms with Gasteiger partial charge >= 0.3 is 0 Å². The number of fused-ring (bicyclic) bond motifs is 1. The van der Waals surface area contributed by atoms with E-state index in [1.165, 1.54) is 5.56 Å². The van der Waals surface area contributed by atoms with Crippen molar-refractivity contribution in [2.75, 3.05) is 0 Å². The number of imidazole rings is 1. The Labute approximate surface area is 379 Å². The van der Waals surface area contributed by atoms with E-state index in [0.717, 1.165) is 72.4 Å². The van der Waals surface area contributed by atoms with E-state index < -0.39 is 12.7 Å². The summed E-state index contributed by atoms with van der Waals surface area (Å²) in [6.45, 7) is 8.32. The predicted molar refractivity (Wildman–Crippen MR) is 250 cm³/mol. The standard InChI is InChI=1S/C56H48N3O.Pt/c1-36(2)49-35-44(27-28-46(49)47-17-10-12-20-50(47)56(4,5)6)59-52-21-14-19-45(54(52)58-55(59)48-18-11-13-22-53(48)60)42-31-41(38-15-8-7-9-16-38)32-43(33-42)51-34-40(29-30-57-51)39-25-23-37(3)24-26-39;/h7-32,34-36,60H,1-6H3;/q-1;/i3D3,36D;. The van der Waals surface area contributed by atoms with Crippen molar-refractivity contribution in [2.45, 2.75) is 52.8 Å². The third kappa shape index (κ3) is 8.13. The molecule has 5 heteroatoms. The summed E-state index contributed by atoms with van der Waals surface area (Å²) in [6, 6.07) is 57.2. The molecule has 2 aromatic heterocycles. The second-order valence-electron chi connectivity index (χ2n) is 16.6. The van der Waals surface area contributed by atoms with Gasteiger partial charge in [0.05, 0.1) is 16.6 Å². The molecule has 0 spiro atoms. The van der Waals surface area contributed by atoms with Crippen LogP contribution in [0.3, 0.4) is 0 Å². The van der Waals surface area contributed by atoms with Gasteiger partial charge in [-0.3, -0.25) is 9.55 Å². The van der Waals surface area contributed by atoms with Crippen LogP contribution in [0.15, 0.2) is 170 Å². The zero-order valence-electron chi connectivity index (χ0n) is 38.8. The molecule has 0 unspecified atom stereocenters. The van der Waals surface area contributed by atoms with Crippen LogP contribution in [0.2, 0.25) is 0 Å². The number of rotatable bonds is 8. The van der Waals surface area contributed by atoms with Gasteiger partial charge in [-0.05, 0) is 93.5 Å². The third-order valence-corrected chi connectivity index (χ3v) is 11.2. The van der Waals surface area contributed by atoms with E-state index in [-0.39, 0.29) is 32.2 Å². The number of nitrogens with zero attached hydrogens (tertiary/aromatic N) is 3. The molecule has 0 saturated heterocycles. The van der Waals surface area contributed by atoms with E-state index >= 15 is 0 Å². The number of pyridine rings is 1. The summed E-state index contributed by atoms with van der Waals surface area (Å²) < 4.78 is 35.0.